The van der Waals surface area contributed by atoms with Gasteiger partial charge in [-0.1, -0.05) is 37.3 Å². The number of carbonyl (C=O) groups excluding carboxylic acids is 2. The molecule has 3 nitrogen and oxygen atoms in total. The monoisotopic (exact) mass is 234 g/mol. The first-order valence-electron chi connectivity index (χ1n) is 5.92. The van der Waals surface area contributed by atoms with E-state index in [1.807, 2.05) is 30.3 Å². The van der Waals surface area contributed by atoms with Gasteiger partial charge in [-0.3, -0.25) is 4.79 Å². The highest BCUT2D eigenvalue weighted by atomic mass is 16.5. The molecule has 92 valence electrons. The van der Waals surface area contributed by atoms with Crippen molar-refractivity contribution in [3.8, 4) is 0 Å². The molecule has 0 aliphatic rings. The molecule has 1 aromatic rings. The van der Waals surface area contributed by atoms with Gasteiger partial charge in [0.1, 0.15) is 6.29 Å². The predicted molar refractivity (Wildman–Crippen MR) is 65.7 cm³/mol. The lowest BCUT2D eigenvalue weighted by molar-refractivity contribution is -0.143. The fourth-order valence-electron chi connectivity index (χ4n) is 1.68. The molecule has 0 bridgehead atoms. The van der Waals surface area contributed by atoms with E-state index >= 15 is 0 Å². The predicted octanol–water partition coefficient (Wildman–Crippen LogP) is 2.70. The standard InChI is InChI=1S/C14H18O3/c1-2-14(16)17-11-9-13(8-10-15)12-6-4-3-5-7-12/h3-7,10,13H,2,8-9,11H2,1H3. The third-order valence-corrected chi connectivity index (χ3v) is 2.67. The van der Waals surface area contributed by atoms with Gasteiger partial charge >= 0.3 is 5.97 Å². The Balaban J connectivity index is 2.49. The Labute approximate surface area is 102 Å². The highest BCUT2D eigenvalue weighted by molar-refractivity contribution is 5.68. The molecular formula is C14H18O3. The second-order valence-electron chi connectivity index (χ2n) is 3.87. The first-order chi connectivity index (χ1) is 8.27. The van der Waals surface area contributed by atoms with E-state index in [9.17, 15) is 9.59 Å². The molecular weight excluding hydrogens is 216 g/mol. The molecule has 0 amide bonds. The topological polar surface area (TPSA) is 43.4 Å². The van der Waals surface area contributed by atoms with E-state index < -0.39 is 0 Å². The van der Waals surface area contributed by atoms with Crippen LogP contribution < -0.4 is 0 Å². The van der Waals surface area contributed by atoms with Crippen molar-refractivity contribution in [1.29, 1.82) is 0 Å². The molecule has 17 heavy (non-hydrogen) atoms. The molecule has 0 aliphatic carbocycles. The van der Waals surface area contributed by atoms with Crippen LogP contribution in [0.2, 0.25) is 0 Å². The van der Waals surface area contributed by atoms with Crippen LogP contribution in [0.25, 0.3) is 0 Å². The quantitative estimate of drug-likeness (QED) is 0.538. The fraction of sp³-hybridized carbons (Fsp3) is 0.429. The van der Waals surface area contributed by atoms with Gasteiger partial charge in [0, 0.05) is 12.8 Å². The number of hydrogen-bond acceptors (Lipinski definition) is 3. The van der Waals surface area contributed by atoms with Gasteiger partial charge in [-0.2, -0.15) is 0 Å². The van der Waals surface area contributed by atoms with Crippen LogP contribution in [0.3, 0.4) is 0 Å². The lowest BCUT2D eigenvalue weighted by Crippen LogP contribution is -2.08. The molecule has 1 atom stereocenters. The molecule has 0 aliphatic heterocycles. The van der Waals surface area contributed by atoms with E-state index in [0.717, 1.165) is 11.8 Å². The third-order valence-electron chi connectivity index (χ3n) is 2.67. The van der Waals surface area contributed by atoms with Gasteiger partial charge in [0.05, 0.1) is 6.61 Å². The molecule has 0 radical (unpaired) electrons. The number of aldehydes is 1. The van der Waals surface area contributed by atoms with Crippen molar-refractivity contribution in [3.63, 3.8) is 0 Å². The molecule has 0 spiro atoms. The summed E-state index contributed by atoms with van der Waals surface area (Å²) in [4.78, 5) is 21.6. The largest absolute Gasteiger partial charge is 0.466 e. The summed E-state index contributed by atoms with van der Waals surface area (Å²) in [7, 11) is 0. The number of hydrogen-bond donors (Lipinski definition) is 0. The van der Waals surface area contributed by atoms with Crippen LogP contribution in [0.5, 0.6) is 0 Å². The van der Waals surface area contributed by atoms with Crippen molar-refractivity contribution in [1.82, 2.24) is 0 Å². The van der Waals surface area contributed by atoms with E-state index in [1.54, 1.807) is 6.92 Å². The number of benzene rings is 1. The maximum atomic E-state index is 11.0. The SMILES string of the molecule is CCC(=O)OCCC(CC=O)c1ccccc1. The normalized spacial score (nSPS) is 11.8. The maximum Gasteiger partial charge on any atom is 0.305 e. The summed E-state index contributed by atoms with van der Waals surface area (Å²) in [6.45, 7) is 2.14. The number of rotatable bonds is 7. The highest BCUT2D eigenvalue weighted by Crippen LogP contribution is 2.22. The smallest absolute Gasteiger partial charge is 0.305 e. The molecule has 0 fully saturated rings. The Morgan fingerprint density at radius 3 is 2.65 bits per heavy atom. The number of carbonyl (C=O) groups is 2. The van der Waals surface area contributed by atoms with Crippen molar-refractivity contribution in [2.24, 2.45) is 0 Å². The Morgan fingerprint density at radius 2 is 2.06 bits per heavy atom. The van der Waals surface area contributed by atoms with Gasteiger partial charge in [-0.15, -0.1) is 0 Å². The van der Waals surface area contributed by atoms with Crippen LogP contribution in [0.15, 0.2) is 30.3 Å². The van der Waals surface area contributed by atoms with Gasteiger partial charge in [0.25, 0.3) is 0 Å². The molecule has 0 saturated carbocycles. The molecule has 0 N–H and O–H groups in total. The molecule has 0 saturated heterocycles. The van der Waals surface area contributed by atoms with E-state index in [-0.39, 0.29) is 11.9 Å². The Hall–Kier alpha value is -1.64. The van der Waals surface area contributed by atoms with Gasteiger partial charge in [-0.25, -0.2) is 0 Å². The fourth-order valence-corrected chi connectivity index (χ4v) is 1.68. The second-order valence-corrected chi connectivity index (χ2v) is 3.87. The Morgan fingerprint density at radius 1 is 1.35 bits per heavy atom. The molecule has 1 unspecified atom stereocenters. The summed E-state index contributed by atoms with van der Waals surface area (Å²) in [5.74, 6) is -0.0544. The van der Waals surface area contributed by atoms with E-state index in [1.165, 1.54) is 0 Å². The van der Waals surface area contributed by atoms with Gasteiger partial charge in [-0.05, 0) is 17.9 Å². The van der Waals surface area contributed by atoms with Crippen molar-refractivity contribution in [2.45, 2.75) is 32.1 Å². The van der Waals surface area contributed by atoms with E-state index in [0.29, 0.717) is 25.9 Å². The van der Waals surface area contributed by atoms with Crippen molar-refractivity contribution in [2.75, 3.05) is 6.61 Å². The van der Waals surface area contributed by atoms with Crippen LogP contribution in [-0.2, 0) is 14.3 Å². The van der Waals surface area contributed by atoms with E-state index in [2.05, 4.69) is 0 Å². The number of ether oxygens (including phenoxy) is 1. The van der Waals surface area contributed by atoms with Crippen molar-refractivity contribution >= 4 is 12.3 Å². The minimum atomic E-state index is -0.192. The molecule has 1 aromatic carbocycles. The number of esters is 1. The van der Waals surface area contributed by atoms with Crippen LogP contribution >= 0.6 is 0 Å². The summed E-state index contributed by atoms with van der Waals surface area (Å²) >= 11 is 0. The van der Waals surface area contributed by atoms with Gasteiger partial charge in [0.2, 0.25) is 0 Å². The molecule has 3 heteroatoms. The summed E-state index contributed by atoms with van der Waals surface area (Å²) in [5, 5.41) is 0. The minimum Gasteiger partial charge on any atom is -0.466 e. The van der Waals surface area contributed by atoms with Crippen LogP contribution in [-0.4, -0.2) is 18.9 Å². The minimum absolute atomic E-state index is 0.137. The first-order valence-corrected chi connectivity index (χ1v) is 5.92. The molecule has 0 heterocycles. The summed E-state index contributed by atoms with van der Waals surface area (Å²) in [6, 6.07) is 9.83. The highest BCUT2D eigenvalue weighted by Gasteiger charge is 2.11. The zero-order valence-electron chi connectivity index (χ0n) is 10.1. The average molecular weight is 234 g/mol. The van der Waals surface area contributed by atoms with Crippen molar-refractivity contribution < 1.29 is 14.3 Å². The van der Waals surface area contributed by atoms with Crippen LogP contribution in [0, 0.1) is 0 Å². The van der Waals surface area contributed by atoms with Crippen LogP contribution in [0.4, 0.5) is 0 Å². The third kappa shape index (κ3) is 4.81. The first kappa shape index (κ1) is 13.4. The zero-order chi connectivity index (χ0) is 12.5. The average Bonchev–Trinajstić information content (AvgIpc) is 2.38. The summed E-state index contributed by atoms with van der Waals surface area (Å²) in [5.41, 5.74) is 1.12. The zero-order valence-corrected chi connectivity index (χ0v) is 10.1. The lowest BCUT2D eigenvalue weighted by Gasteiger charge is -2.14. The second kappa shape index (κ2) is 7.60. The molecule has 0 aromatic heterocycles. The van der Waals surface area contributed by atoms with Gasteiger partial charge < -0.3 is 9.53 Å². The molecule has 1 rings (SSSR count). The summed E-state index contributed by atoms with van der Waals surface area (Å²) < 4.78 is 5.03. The maximum absolute atomic E-state index is 11.0. The van der Waals surface area contributed by atoms with Crippen molar-refractivity contribution in [3.05, 3.63) is 35.9 Å². The van der Waals surface area contributed by atoms with Gasteiger partial charge in [0.15, 0.2) is 0 Å². The lowest BCUT2D eigenvalue weighted by atomic mass is 9.93. The van der Waals surface area contributed by atoms with Crippen LogP contribution in [0.1, 0.15) is 37.7 Å². The van der Waals surface area contributed by atoms with E-state index in [4.69, 9.17) is 4.74 Å². The summed E-state index contributed by atoms with van der Waals surface area (Å²) in [6.07, 6.45) is 2.46. The Bertz CT molecular complexity index is 346. The Kier molecular flexibility index (Phi) is 6.00.